The maximum absolute atomic E-state index is 2.28. The third-order valence-corrected chi connectivity index (χ3v) is 5.05. The van der Waals surface area contributed by atoms with Gasteiger partial charge in [0.25, 0.3) is 0 Å². The molecule has 0 bridgehead atoms. The fourth-order valence-electron chi connectivity index (χ4n) is 3.37. The minimum atomic E-state index is 1.25. The van der Waals surface area contributed by atoms with Gasteiger partial charge in [-0.3, -0.25) is 0 Å². The van der Waals surface area contributed by atoms with Gasteiger partial charge in [-0.1, -0.05) is 97.1 Å². The normalized spacial score (nSPS) is 10.7. The van der Waals surface area contributed by atoms with Crippen LogP contribution in [0.4, 0.5) is 0 Å². The third-order valence-electron chi connectivity index (χ3n) is 5.05. The van der Waals surface area contributed by atoms with E-state index >= 15 is 0 Å². The molecule has 0 unspecified atom stereocenters. The average molecular weight is 334 g/mol. The van der Waals surface area contributed by atoms with Crippen LogP contribution in [0.15, 0.2) is 97.1 Å². The van der Waals surface area contributed by atoms with Gasteiger partial charge in [-0.15, -0.1) is 0 Å². The minimum Gasteiger partial charge on any atom is -0.0622 e. The van der Waals surface area contributed by atoms with Crippen LogP contribution >= 0.6 is 0 Å². The highest BCUT2D eigenvalue weighted by molar-refractivity contribution is 5.84. The first-order valence-corrected chi connectivity index (χ1v) is 9.05. The predicted molar refractivity (Wildman–Crippen MR) is 112 cm³/mol. The van der Waals surface area contributed by atoms with Crippen LogP contribution in [0.3, 0.4) is 0 Å². The van der Waals surface area contributed by atoms with Crippen molar-refractivity contribution in [2.75, 3.05) is 0 Å². The van der Waals surface area contributed by atoms with E-state index in [0.717, 1.165) is 0 Å². The molecule has 0 nitrogen and oxygen atoms in total. The summed E-state index contributed by atoms with van der Waals surface area (Å²) in [5.74, 6) is 0. The fraction of sp³-hybridized carbons (Fsp3) is 0.0769. The summed E-state index contributed by atoms with van der Waals surface area (Å²) in [5.41, 5.74) is 10.2. The molecule has 0 N–H and O–H groups in total. The minimum absolute atomic E-state index is 1.25. The largest absolute Gasteiger partial charge is 0.0622 e. The lowest BCUT2D eigenvalue weighted by atomic mass is 9.92. The first kappa shape index (κ1) is 16.4. The molecule has 4 aromatic rings. The van der Waals surface area contributed by atoms with Gasteiger partial charge in [0.05, 0.1) is 0 Å². The molecule has 0 aromatic heterocycles. The number of hydrogen-bond acceptors (Lipinski definition) is 0. The van der Waals surface area contributed by atoms with Crippen molar-refractivity contribution in [3.05, 3.63) is 108 Å². The maximum Gasteiger partial charge on any atom is -0.0105 e. The molecule has 0 heteroatoms. The van der Waals surface area contributed by atoms with Crippen LogP contribution in [0.5, 0.6) is 0 Å². The zero-order valence-electron chi connectivity index (χ0n) is 15.2. The van der Waals surface area contributed by atoms with Crippen molar-refractivity contribution >= 4 is 0 Å². The predicted octanol–water partition coefficient (Wildman–Crippen LogP) is 7.30. The summed E-state index contributed by atoms with van der Waals surface area (Å²) >= 11 is 0. The van der Waals surface area contributed by atoms with E-state index in [1.807, 2.05) is 0 Å². The van der Waals surface area contributed by atoms with Gasteiger partial charge in [-0.05, 0) is 58.4 Å². The summed E-state index contributed by atoms with van der Waals surface area (Å²) in [6.45, 7) is 4.34. The molecule has 0 aliphatic rings. The van der Waals surface area contributed by atoms with Gasteiger partial charge >= 0.3 is 0 Å². The molecule has 4 rings (SSSR count). The van der Waals surface area contributed by atoms with Crippen LogP contribution in [0.1, 0.15) is 11.1 Å². The molecular formula is C26H22. The number of aryl methyl sites for hydroxylation is 2. The van der Waals surface area contributed by atoms with E-state index < -0.39 is 0 Å². The molecule has 26 heavy (non-hydrogen) atoms. The second-order valence-corrected chi connectivity index (χ2v) is 6.79. The second kappa shape index (κ2) is 7.01. The summed E-state index contributed by atoms with van der Waals surface area (Å²) in [6, 6.07) is 34.8. The Labute approximate surface area is 155 Å². The van der Waals surface area contributed by atoms with Gasteiger partial charge in [0, 0.05) is 0 Å². The molecule has 4 aromatic carbocycles. The van der Waals surface area contributed by atoms with E-state index in [1.165, 1.54) is 44.5 Å². The SMILES string of the molecule is Cc1ccc(-c2ccccc2-c2ccc(-c3ccccc3)cc2)cc1C. The average Bonchev–Trinajstić information content (AvgIpc) is 2.71. The van der Waals surface area contributed by atoms with E-state index in [9.17, 15) is 0 Å². The Hall–Kier alpha value is -3.12. The molecule has 0 fully saturated rings. The Bertz CT molecular complexity index is 1030. The zero-order valence-corrected chi connectivity index (χ0v) is 15.2. The first-order chi connectivity index (χ1) is 12.7. The molecule has 0 radical (unpaired) electrons. The van der Waals surface area contributed by atoms with Crippen LogP contribution in [-0.2, 0) is 0 Å². The lowest BCUT2D eigenvalue weighted by Crippen LogP contribution is -1.88. The Balaban J connectivity index is 1.76. The van der Waals surface area contributed by atoms with Crippen molar-refractivity contribution in [3.8, 4) is 33.4 Å². The van der Waals surface area contributed by atoms with Gasteiger partial charge in [0.2, 0.25) is 0 Å². The Morgan fingerprint density at radius 3 is 1.54 bits per heavy atom. The molecule has 0 aliphatic carbocycles. The number of rotatable bonds is 3. The zero-order chi connectivity index (χ0) is 17.9. The highest BCUT2D eigenvalue weighted by Crippen LogP contribution is 2.34. The molecular weight excluding hydrogens is 312 g/mol. The smallest absolute Gasteiger partial charge is 0.0105 e. The standard InChI is InChI=1S/C26H22/c1-19-12-13-24(18-20(19)2)26-11-7-6-10-25(26)23-16-14-22(15-17-23)21-8-4-3-5-9-21/h3-18H,1-2H3. The molecule has 0 saturated carbocycles. The third kappa shape index (κ3) is 3.19. The molecule has 0 heterocycles. The van der Waals surface area contributed by atoms with Gasteiger partial charge in [0.15, 0.2) is 0 Å². The number of hydrogen-bond donors (Lipinski definition) is 0. The first-order valence-electron chi connectivity index (χ1n) is 9.05. The Kier molecular flexibility index (Phi) is 4.41. The van der Waals surface area contributed by atoms with Crippen molar-refractivity contribution in [1.29, 1.82) is 0 Å². The summed E-state index contributed by atoms with van der Waals surface area (Å²) < 4.78 is 0. The van der Waals surface area contributed by atoms with E-state index in [-0.39, 0.29) is 0 Å². The molecule has 0 spiro atoms. The summed E-state index contributed by atoms with van der Waals surface area (Å²) in [4.78, 5) is 0. The topological polar surface area (TPSA) is 0 Å². The quantitative estimate of drug-likeness (QED) is 0.368. The summed E-state index contributed by atoms with van der Waals surface area (Å²) in [6.07, 6.45) is 0. The lowest BCUT2D eigenvalue weighted by Gasteiger charge is -2.12. The van der Waals surface area contributed by atoms with Gasteiger partial charge in [0.1, 0.15) is 0 Å². The highest BCUT2D eigenvalue weighted by atomic mass is 14.1. The summed E-state index contributed by atoms with van der Waals surface area (Å²) in [5, 5.41) is 0. The van der Waals surface area contributed by atoms with Crippen LogP contribution in [-0.4, -0.2) is 0 Å². The van der Waals surface area contributed by atoms with E-state index in [0.29, 0.717) is 0 Å². The van der Waals surface area contributed by atoms with Crippen LogP contribution in [0.2, 0.25) is 0 Å². The van der Waals surface area contributed by atoms with Crippen molar-refractivity contribution in [2.45, 2.75) is 13.8 Å². The highest BCUT2D eigenvalue weighted by Gasteiger charge is 2.08. The van der Waals surface area contributed by atoms with Crippen LogP contribution in [0, 0.1) is 13.8 Å². The second-order valence-electron chi connectivity index (χ2n) is 6.79. The monoisotopic (exact) mass is 334 g/mol. The van der Waals surface area contributed by atoms with Crippen LogP contribution < -0.4 is 0 Å². The van der Waals surface area contributed by atoms with E-state index in [1.54, 1.807) is 0 Å². The molecule has 0 saturated heterocycles. The van der Waals surface area contributed by atoms with E-state index in [2.05, 4.69) is 111 Å². The lowest BCUT2D eigenvalue weighted by molar-refractivity contribution is 1.34. The Morgan fingerprint density at radius 1 is 0.385 bits per heavy atom. The van der Waals surface area contributed by atoms with Gasteiger partial charge in [-0.2, -0.15) is 0 Å². The van der Waals surface area contributed by atoms with Crippen molar-refractivity contribution < 1.29 is 0 Å². The Morgan fingerprint density at radius 2 is 0.885 bits per heavy atom. The van der Waals surface area contributed by atoms with Crippen molar-refractivity contribution in [3.63, 3.8) is 0 Å². The van der Waals surface area contributed by atoms with Crippen molar-refractivity contribution in [2.24, 2.45) is 0 Å². The van der Waals surface area contributed by atoms with E-state index in [4.69, 9.17) is 0 Å². The molecule has 0 aliphatic heterocycles. The number of benzene rings is 4. The summed E-state index contributed by atoms with van der Waals surface area (Å²) in [7, 11) is 0. The fourth-order valence-corrected chi connectivity index (χ4v) is 3.37. The molecule has 126 valence electrons. The van der Waals surface area contributed by atoms with Crippen LogP contribution in [0.25, 0.3) is 33.4 Å². The maximum atomic E-state index is 2.28. The molecule has 0 atom stereocenters. The van der Waals surface area contributed by atoms with Gasteiger partial charge < -0.3 is 0 Å². The van der Waals surface area contributed by atoms with Crippen molar-refractivity contribution in [1.82, 2.24) is 0 Å². The van der Waals surface area contributed by atoms with Gasteiger partial charge in [-0.25, -0.2) is 0 Å². The molecule has 0 amide bonds.